The van der Waals surface area contributed by atoms with Crippen LogP contribution in [0.5, 0.6) is 0 Å². The average Bonchev–Trinajstić information content (AvgIpc) is 3.24. The number of amides is 1. The van der Waals surface area contributed by atoms with E-state index in [2.05, 4.69) is 31.1 Å². The van der Waals surface area contributed by atoms with Gasteiger partial charge in [-0.05, 0) is 71.8 Å². The van der Waals surface area contributed by atoms with Gasteiger partial charge in [0.2, 0.25) is 5.91 Å². The number of anilines is 2. The van der Waals surface area contributed by atoms with Gasteiger partial charge in [-0.3, -0.25) is 9.52 Å². The lowest BCUT2D eigenvalue weighted by atomic mass is 10.2. The van der Waals surface area contributed by atoms with E-state index in [0.717, 1.165) is 16.9 Å². The summed E-state index contributed by atoms with van der Waals surface area (Å²) >= 11 is 4.48. The number of sulfonamides is 1. The Morgan fingerprint density at radius 1 is 1.21 bits per heavy atom. The third-order valence-corrected chi connectivity index (χ3v) is 7.39. The minimum Gasteiger partial charge on any atom is -0.354 e. The second-order valence-electron chi connectivity index (χ2n) is 6.27. The molecule has 0 aliphatic carbocycles. The maximum Gasteiger partial charge on any atom is 0.271 e. The second-order valence-corrected chi connectivity index (χ2v) is 10.1. The molecule has 152 valence electrons. The van der Waals surface area contributed by atoms with E-state index in [4.69, 9.17) is 4.52 Å². The molecular weight excluding hydrogens is 478 g/mol. The van der Waals surface area contributed by atoms with Crippen molar-refractivity contribution in [2.24, 2.45) is 0 Å². The maximum absolute atomic E-state index is 12.7. The zero-order valence-corrected chi connectivity index (χ0v) is 19.0. The number of thiophene rings is 1. The van der Waals surface area contributed by atoms with Gasteiger partial charge in [-0.15, -0.1) is 11.3 Å². The van der Waals surface area contributed by atoms with Gasteiger partial charge in [-0.1, -0.05) is 11.2 Å². The normalized spacial score (nSPS) is 11.7. The first-order chi connectivity index (χ1) is 13.7. The van der Waals surface area contributed by atoms with Crippen LogP contribution in [0.25, 0.3) is 12.2 Å². The fraction of sp³-hybridized carbons (Fsp3) is 0.158. The fourth-order valence-corrected chi connectivity index (χ4v) is 5.49. The van der Waals surface area contributed by atoms with Crippen LogP contribution in [0.15, 0.2) is 43.5 Å². The first-order valence-corrected chi connectivity index (χ1v) is 11.6. The monoisotopic (exact) mass is 495 g/mol. The molecule has 0 saturated heterocycles. The van der Waals surface area contributed by atoms with Crippen molar-refractivity contribution in [3.63, 3.8) is 0 Å². The van der Waals surface area contributed by atoms with Gasteiger partial charge >= 0.3 is 0 Å². The predicted molar refractivity (Wildman–Crippen MR) is 118 cm³/mol. The molecule has 0 bridgehead atoms. The predicted octanol–water partition coefficient (Wildman–Crippen LogP) is 5.05. The van der Waals surface area contributed by atoms with Gasteiger partial charge in [0.25, 0.3) is 10.0 Å². The van der Waals surface area contributed by atoms with Crippen LogP contribution in [0.1, 0.15) is 28.8 Å². The van der Waals surface area contributed by atoms with Crippen LogP contribution in [0.3, 0.4) is 0 Å². The van der Waals surface area contributed by atoms with Crippen LogP contribution in [-0.4, -0.2) is 19.5 Å². The summed E-state index contributed by atoms with van der Waals surface area (Å²) in [5.41, 5.74) is 2.54. The van der Waals surface area contributed by atoms with Gasteiger partial charge in [-0.2, -0.15) is 0 Å². The Morgan fingerprint density at radius 3 is 2.66 bits per heavy atom. The molecule has 0 spiro atoms. The van der Waals surface area contributed by atoms with Crippen molar-refractivity contribution in [3.8, 4) is 0 Å². The number of carbonyl (C=O) groups is 1. The van der Waals surface area contributed by atoms with E-state index in [0.29, 0.717) is 32.2 Å². The third-order valence-electron chi connectivity index (χ3n) is 3.83. The third kappa shape index (κ3) is 5.14. The molecule has 2 N–H and O–H groups in total. The highest BCUT2D eigenvalue weighted by molar-refractivity contribution is 9.10. The van der Waals surface area contributed by atoms with Crippen molar-refractivity contribution in [2.45, 2.75) is 25.0 Å². The van der Waals surface area contributed by atoms with E-state index in [-0.39, 0.29) is 10.1 Å². The molecule has 0 fully saturated rings. The number of rotatable bonds is 6. The number of benzene rings is 1. The summed E-state index contributed by atoms with van der Waals surface area (Å²) in [6.07, 6.45) is 3.34. The zero-order valence-electron chi connectivity index (χ0n) is 15.8. The molecule has 3 rings (SSSR count). The van der Waals surface area contributed by atoms with Crippen LogP contribution >= 0.6 is 27.3 Å². The molecule has 0 atom stereocenters. The van der Waals surface area contributed by atoms with Crippen molar-refractivity contribution in [1.29, 1.82) is 0 Å². The van der Waals surface area contributed by atoms with Crippen molar-refractivity contribution >= 4 is 66.7 Å². The van der Waals surface area contributed by atoms with Crippen LogP contribution in [0.4, 0.5) is 11.4 Å². The molecular formula is C19H18BrN3O4S2. The summed E-state index contributed by atoms with van der Waals surface area (Å²) in [6.45, 7) is 5.04. The lowest BCUT2D eigenvalue weighted by Crippen LogP contribution is -2.11. The molecule has 0 saturated carbocycles. The summed E-state index contributed by atoms with van der Waals surface area (Å²) in [5.74, 6) is 0.154. The van der Waals surface area contributed by atoms with Gasteiger partial charge in [0.1, 0.15) is 15.6 Å². The highest BCUT2D eigenvalue weighted by Crippen LogP contribution is 2.30. The van der Waals surface area contributed by atoms with Crippen molar-refractivity contribution in [3.05, 3.63) is 56.7 Å². The Morgan fingerprint density at radius 2 is 1.97 bits per heavy atom. The number of aryl methyl sites for hydroxylation is 2. The number of halogens is 1. The van der Waals surface area contributed by atoms with Crippen LogP contribution in [-0.2, 0) is 14.8 Å². The topological polar surface area (TPSA) is 101 Å². The molecule has 29 heavy (non-hydrogen) atoms. The van der Waals surface area contributed by atoms with Gasteiger partial charge in [0, 0.05) is 16.3 Å². The Kier molecular flexibility index (Phi) is 6.25. The lowest BCUT2D eigenvalue weighted by Gasteiger charge is -2.08. The largest absolute Gasteiger partial charge is 0.354 e. The Hall–Kier alpha value is -2.43. The number of nitrogens with zero attached hydrogens (tertiary/aromatic N) is 1. The molecule has 10 heteroatoms. The van der Waals surface area contributed by atoms with Gasteiger partial charge in [0.15, 0.2) is 5.76 Å². The van der Waals surface area contributed by atoms with E-state index in [1.807, 2.05) is 19.1 Å². The fourth-order valence-electron chi connectivity index (χ4n) is 2.45. The first kappa shape index (κ1) is 21.3. The van der Waals surface area contributed by atoms with E-state index < -0.39 is 10.0 Å². The van der Waals surface area contributed by atoms with Crippen LogP contribution in [0.2, 0.25) is 0 Å². The minimum atomic E-state index is -3.72. The molecule has 0 unspecified atom stereocenters. The molecule has 7 nitrogen and oxygen atoms in total. The number of hydrogen-bond donors (Lipinski definition) is 2. The molecule has 3 aromatic rings. The molecule has 1 amide bonds. The van der Waals surface area contributed by atoms with E-state index in [1.54, 1.807) is 31.2 Å². The standard InChI is InChI=1S/C19H18BrN3O4S2/c1-11-4-7-16(15(20)10-11)23-29(25,26)18-9-6-14(28-18)5-8-17-19(21-13(3)24)12(2)22-27-17/h4-10,23H,1-3H3,(H,21,24)/b8-5+. The molecule has 0 aliphatic rings. The van der Waals surface area contributed by atoms with Crippen molar-refractivity contribution in [2.75, 3.05) is 10.0 Å². The van der Waals surface area contributed by atoms with Gasteiger partial charge in [-0.25, -0.2) is 8.42 Å². The summed E-state index contributed by atoms with van der Waals surface area (Å²) < 4.78 is 34.0. The highest BCUT2D eigenvalue weighted by atomic mass is 79.9. The van der Waals surface area contributed by atoms with Gasteiger partial charge in [0.05, 0.1) is 5.69 Å². The summed E-state index contributed by atoms with van der Waals surface area (Å²) in [6, 6.07) is 8.61. The van der Waals surface area contributed by atoms with Crippen LogP contribution in [0, 0.1) is 13.8 Å². The maximum atomic E-state index is 12.7. The zero-order chi connectivity index (χ0) is 21.2. The number of aromatic nitrogens is 1. The average molecular weight is 496 g/mol. The summed E-state index contributed by atoms with van der Waals surface area (Å²) in [4.78, 5) is 12.0. The molecule has 2 aromatic heterocycles. The van der Waals surface area contributed by atoms with Gasteiger partial charge < -0.3 is 9.84 Å². The molecule has 0 aliphatic heterocycles. The smallest absolute Gasteiger partial charge is 0.271 e. The lowest BCUT2D eigenvalue weighted by molar-refractivity contribution is -0.114. The first-order valence-electron chi connectivity index (χ1n) is 8.46. The van der Waals surface area contributed by atoms with E-state index in [9.17, 15) is 13.2 Å². The highest BCUT2D eigenvalue weighted by Gasteiger charge is 2.18. The van der Waals surface area contributed by atoms with E-state index >= 15 is 0 Å². The van der Waals surface area contributed by atoms with E-state index in [1.165, 1.54) is 13.0 Å². The molecule has 0 radical (unpaired) electrons. The Bertz CT molecular complexity index is 1200. The number of hydrogen-bond acceptors (Lipinski definition) is 6. The number of nitrogens with one attached hydrogen (secondary N) is 2. The Labute approximate surface area is 181 Å². The quantitative estimate of drug-likeness (QED) is 0.498. The SMILES string of the molecule is CC(=O)Nc1c(C)noc1/C=C/c1ccc(S(=O)(=O)Nc2ccc(C)cc2Br)s1. The summed E-state index contributed by atoms with van der Waals surface area (Å²) in [7, 11) is -3.72. The molecule has 1 aromatic carbocycles. The summed E-state index contributed by atoms with van der Waals surface area (Å²) in [5, 5.41) is 6.51. The van der Waals surface area contributed by atoms with Crippen molar-refractivity contribution < 1.29 is 17.7 Å². The minimum absolute atomic E-state index is 0.181. The Balaban J connectivity index is 1.80. The molecule has 2 heterocycles. The number of carbonyl (C=O) groups excluding carboxylic acids is 1. The van der Waals surface area contributed by atoms with Crippen LogP contribution < -0.4 is 10.0 Å². The second kappa shape index (κ2) is 8.52. The van der Waals surface area contributed by atoms with Crippen molar-refractivity contribution in [1.82, 2.24) is 5.16 Å².